The number of hydrogen-bond donors (Lipinski definition) is 2. The fraction of sp³-hybridized carbons (Fsp3) is 1.00. The predicted molar refractivity (Wildman–Crippen MR) is 20.3 cm³/mol. The third-order valence-corrected chi connectivity index (χ3v) is 0.678. The smallest absolute Gasteiger partial charge is 0.258 e. The van der Waals surface area contributed by atoms with E-state index in [-0.39, 0.29) is 4.47 Å². The molecule has 1 unspecified atom stereocenters. The number of nitrogens with zero attached hydrogens (tertiary/aromatic N) is 1. The molecule has 0 aromatic carbocycles. The van der Waals surface area contributed by atoms with Crippen LogP contribution in [-0.4, -0.2) is 25.5 Å². The van der Waals surface area contributed by atoms with Crippen molar-refractivity contribution in [2.45, 2.75) is 0 Å². The van der Waals surface area contributed by atoms with Gasteiger partial charge in [0, 0.05) is 7.05 Å². The second kappa shape index (κ2) is 2.25. The van der Waals surface area contributed by atoms with E-state index in [4.69, 9.17) is 9.76 Å². The average molecular weight is 111 g/mol. The molecule has 0 aliphatic heterocycles. The molecular weight excluding hydrogens is 106 g/mol. The second-order valence-electron chi connectivity index (χ2n) is 0.695. The van der Waals surface area contributed by atoms with E-state index in [1.807, 2.05) is 0 Å². The van der Waals surface area contributed by atoms with E-state index >= 15 is 0 Å². The first-order valence-electron chi connectivity index (χ1n) is 1.18. The lowest BCUT2D eigenvalue weighted by Gasteiger charge is -1.95. The molecule has 0 aliphatic carbocycles. The van der Waals surface area contributed by atoms with E-state index < -0.39 is 11.3 Å². The van der Waals surface area contributed by atoms with Crippen LogP contribution in [0.1, 0.15) is 0 Å². The van der Waals surface area contributed by atoms with Gasteiger partial charge in [0.1, 0.15) is 0 Å². The van der Waals surface area contributed by atoms with Crippen LogP contribution >= 0.6 is 0 Å². The Morgan fingerprint density at radius 2 is 2.00 bits per heavy atom. The molecule has 6 heavy (non-hydrogen) atoms. The Morgan fingerprint density at radius 3 is 2.00 bits per heavy atom. The Morgan fingerprint density at radius 1 is 1.83 bits per heavy atom. The van der Waals surface area contributed by atoms with Crippen LogP contribution in [0.25, 0.3) is 0 Å². The normalized spacial score (nSPS) is 15.3. The first-order valence-corrected chi connectivity index (χ1v) is 2.24. The van der Waals surface area contributed by atoms with Gasteiger partial charge in [-0.25, -0.2) is 4.21 Å². The van der Waals surface area contributed by atoms with Crippen LogP contribution in [0.4, 0.5) is 0 Å². The first-order chi connectivity index (χ1) is 2.64. The molecule has 0 aromatic heterocycles. The summed E-state index contributed by atoms with van der Waals surface area (Å²) in [6.45, 7) is 0. The van der Waals surface area contributed by atoms with E-state index in [0.717, 1.165) is 7.05 Å². The highest BCUT2D eigenvalue weighted by Crippen LogP contribution is 1.72. The van der Waals surface area contributed by atoms with Crippen molar-refractivity contribution in [1.29, 1.82) is 0 Å². The van der Waals surface area contributed by atoms with Crippen molar-refractivity contribution in [3.63, 3.8) is 0 Å². The Hall–Kier alpha value is 0.0300. The van der Waals surface area contributed by atoms with Crippen LogP contribution < -0.4 is 0 Å². The summed E-state index contributed by atoms with van der Waals surface area (Å²) in [4.78, 5) is 0. The van der Waals surface area contributed by atoms with E-state index in [1.165, 1.54) is 0 Å². The Labute approximate surface area is 37.8 Å². The Balaban J connectivity index is 3.26. The third kappa shape index (κ3) is 2.28. The van der Waals surface area contributed by atoms with Gasteiger partial charge in [-0.15, -0.1) is 0 Å². The molecule has 0 saturated heterocycles. The zero-order valence-electron chi connectivity index (χ0n) is 3.16. The van der Waals surface area contributed by atoms with Gasteiger partial charge in [0.05, 0.1) is 0 Å². The summed E-state index contributed by atoms with van der Waals surface area (Å²) in [7, 11) is 1.08. The highest BCUT2D eigenvalue weighted by atomic mass is 32.2. The monoisotopic (exact) mass is 111 g/mol. The first kappa shape index (κ1) is 6.03. The van der Waals surface area contributed by atoms with Crippen molar-refractivity contribution < 1.29 is 14.0 Å². The van der Waals surface area contributed by atoms with Crippen molar-refractivity contribution in [3.05, 3.63) is 0 Å². The van der Waals surface area contributed by atoms with Crippen LogP contribution in [0.2, 0.25) is 0 Å². The summed E-state index contributed by atoms with van der Waals surface area (Å²) >= 11 is -2.23. The highest BCUT2D eigenvalue weighted by Gasteiger charge is 1.92. The van der Waals surface area contributed by atoms with Crippen LogP contribution in [-0.2, 0) is 11.3 Å². The molecule has 0 fully saturated rings. The molecule has 0 bridgehead atoms. The van der Waals surface area contributed by atoms with Gasteiger partial charge >= 0.3 is 0 Å². The summed E-state index contributed by atoms with van der Waals surface area (Å²) in [5.74, 6) is 0. The number of hydroxylamine groups is 1. The van der Waals surface area contributed by atoms with Gasteiger partial charge in [-0.1, -0.05) is 4.47 Å². The summed E-state index contributed by atoms with van der Waals surface area (Å²) in [6, 6.07) is 0. The van der Waals surface area contributed by atoms with Crippen molar-refractivity contribution in [2.24, 2.45) is 0 Å². The molecule has 0 amide bonds. The number of rotatable bonds is 1. The molecule has 2 N–H and O–H groups in total. The fourth-order valence-electron chi connectivity index (χ4n) is 0. The summed E-state index contributed by atoms with van der Waals surface area (Å²) < 4.78 is 17.5. The molecule has 0 radical (unpaired) electrons. The van der Waals surface area contributed by atoms with E-state index in [9.17, 15) is 4.21 Å². The maximum atomic E-state index is 9.49. The van der Waals surface area contributed by atoms with Gasteiger partial charge in [0.2, 0.25) is 0 Å². The maximum absolute atomic E-state index is 9.49. The molecule has 38 valence electrons. The summed E-state index contributed by atoms with van der Waals surface area (Å²) in [6.07, 6.45) is 0. The van der Waals surface area contributed by atoms with Crippen molar-refractivity contribution in [2.75, 3.05) is 7.05 Å². The lowest BCUT2D eigenvalue weighted by molar-refractivity contribution is 0.0293. The lowest BCUT2D eigenvalue weighted by atomic mass is 11.6. The highest BCUT2D eigenvalue weighted by molar-refractivity contribution is 7.76. The third-order valence-electron chi connectivity index (χ3n) is 0.226. The molecule has 4 nitrogen and oxygen atoms in total. The van der Waals surface area contributed by atoms with E-state index in [1.54, 1.807) is 0 Å². The second-order valence-corrected chi connectivity index (χ2v) is 1.68. The van der Waals surface area contributed by atoms with Crippen LogP contribution in [0.15, 0.2) is 0 Å². The minimum Gasteiger partial charge on any atom is -0.300 e. The number of hydrogen-bond acceptors (Lipinski definition) is 2. The van der Waals surface area contributed by atoms with Gasteiger partial charge in [-0.3, -0.25) is 9.76 Å². The molecule has 0 heterocycles. The minimum absolute atomic E-state index is 0.194. The fourth-order valence-corrected chi connectivity index (χ4v) is 0. The van der Waals surface area contributed by atoms with Crippen LogP contribution in [0, 0.1) is 0 Å². The van der Waals surface area contributed by atoms with E-state index in [2.05, 4.69) is 0 Å². The minimum atomic E-state index is -2.23. The molecule has 0 rings (SSSR count). The van der Waals surface area contributed by atoms with Gasteiger partial charge in [0.15, 0.2) is 0 Å². The predicted octanol–water partition coefficient (Wildman–Crippen LogP) is -0.556. The summed E-state index contributed by atoms with van der Waals surface area (Å²) in [5, 5.41) is 7.91. The zero-order chi connectivity index (χ0) is 5.15. The molecule has 0 spiro atoms. The topological polar surface area (TPSA) is 60.8 Å². The van der Waals surface area contributed by atoms with Crippen LogP contribution in [0.5, 0.6) is 0 Å². The molecule has 5 heteroatoms. The molecule has 0 saturated carbocycles. The van der Waals surface area contributed by atoms with Gasteiger partial charge < -0.3 is 0 Å². The standard InChI is InChI=1S/CH5NO3S/c1-2(3)6(4)5/h3H,1H3,(H,4,5). The quantitative estimate of drug-likeness (QED) is 0.352. The van der Waals surface area contributed by atoms with Crippen molar-refractivity contribution in [1.82, 2.24) is 4.47 Å². The summed E-state index contributed by atoms with van der Waals surface area (Å²) in [5.41, 5.74) is 0. The largest absolute Gasteiger partial charge is 0.300 e. The van der Waals surface area contributed by atoms with E-state index in [0.29, 0.717) is 0 Å². The molecule has 0 aromatic rings. The Bertz CT molecular complexity index is 61.8. The van der Waals surface area contributed by atoms with Crippen molar-refractivity contribution in [3.8, 4) is 0 Å². The Kier molecular flexibility index (Phi) is 2.26. The average Bonchev–Trinajstić information content (AvgIpc) is 1.36. The lowest BCUT2D eigenvalue weighted by Crippen LogP contribution is -2.14. The molecule has 0 aliphatic rings. The van der Waals surface area contributed by atoms with Crippen molar-refractivity contribution >= 4 is 11.3 Å². The molecule has 1 atom stereocenters. The van der Waals surface area contributed by atoms with Gasteiger partial charge in [-0.2, -0.15) is 0 Å². The van der Waals surface area contributed by atoms with Gasteiger partial charge in [-0.05, 0) is 0 Å². The van der Waals surface area contributed by atoms with Gasteiger partial charge in [0.25, 0.3) is 11.3 Å². The molecular formula is CH5NO3S. The van der Waals surface area contributed by atoms with Crippen LogP contribution in [0.3, 0.4) is 0 Å². The maximum Gasteiger partial charge on any atom is 0.258 e. The zero-order valence-corrected chi connectivity index (χ0v) is 3.97. The SMILES string of the molecule is CN(O)S(=O)O.